The molecule has 0 fully saturated rings. The highest BCUT2D eigenvalue weighted by Crippen LogP contribution is 2.11. The van der Waals surface area contributed by atoms with Crippen LogP contribution in [0.2, 0.25) is 0 Å². The third kappa shape index (κ3) is 4.33. The van der Waals surface area contributed by atoms with E-state index in [0.29, 0.717) is 25.0 Å². The van der Waals surface area contributed by atoms with E-state index in [1.807, 2.05) is 44.4 Å². The molecule has 0 amide bonds. The van der Waals surface area contributed by atoms with Crippen LogP contribution in [0.1, 0.15) is 36.6 Å². The van der Waals surface area contributed by atoms with Crippen molar-refractivity contribution in [2.45, 2.75) is 32.6 Å². The molecule has 6 heteroatoms. The SMILES string of the molecule is CCCC(=O)Cc1cccc(Cc2nn(-c3cnn(C)c3)ccc2=O)c1. The molecule has 0 N–H and O–H groups in total. The first-order chi connectivity index (χ1) is 12.5. The lowest BCUT2D eigenvalue weighted by molar-refractivity contribution is -0.118. The lowest BCUT2D eigenvalue weighted by atomic mass is 10.0. The first-order valence-corrected chi connectivity index (χ1v) is 8.72. The zero-order valence-corrected chi connectivity index (χ0v) is 15.1. The van der Waals surface area contributed by atoms with Crippen molar-refractivity contribution in [2.75, 3.05) is 0 Å². The molecule has 3 aromatic rings. The largest absolute Gasteiger partial charge is 0.299 e. The van der Waals surface area contributed by atoms with Gasteiger partial charge in [-0.1, -0.05) is 31.2 Å². The number of ketones is 1. The first kappa shape index (κ1) is 17.8. The molecular formula is C20H22N4O2. The summed E-state index contributed by atoms with van der Waals surface area (Å²) in [4.78, 5) is 24.1. The molecule has 0 aliphatic heterocycles. The van der Waals surface area contributed by atoms with Crippen molar-refractivity contribution in [3.05, 3.63) is 76.0 Å². The Hall–Kier alpha value is -3.02. The molecule has 2 aromatic heterocycles. The summed E-state index contributed by atoms with van der Waals surface area (Å²) < 4.78 is 3.34. The van der Waals surface area contributed by atoms with E-state index in [1.165, 1.54) is 6.07 Å². The minimum Gasteiger partial charge on any atom is -0.299 e. The van der Waals surface area contributed by atoms with Crippen molar-refractivity contribution in [2.24, 2.45) is 7.05 Å². The van der Waals surface area contributed by atoms with Gasteiger partial charge in [0.2, 0.25) is 5.43 Å². The number of hydrogen-bond donors (Lipinski definition) is 0. The minimum atomic E-state index is -0.0994. The van der Waals surface area contributed by atoms with Gasteiger partial charge in [-0.3, -0.25) is 14.3 Å². The second-order valence-corrected chi connectivity index (χ2v) is 6.41. The van der Waals surface area contributed by atoms with E-state index >= 15 is 0 Å². The van der Waals surface area contributed by atoms with Crippen molar-refractivity contribution in [1.82, 2.24) is 19.6 Å². The third-order valence-corrected chi connectivity index (χ3v) is 4.13. The standard InChI is InChI=1S/C20H22N4O2/c1-3-5-18(25)11-15-6-4-7-16(10-15)12-19-20(26)8-9-24(22-19)17-13-21-23(2)14-17/h4,6-10,13-14H,3,5,11-12H2,1-2H3. The number of aryl methyl sites for hydroxylation is 1. The Morgan fingerprint density at radius 3 is 2.73 bits per heavy atom. The summed E-state index contributed by atoms with van der Waals surface area (Å²) in [7, 11) is 1.83. The molecule has 6 nitrogen and oxygen atoms in total. The van der Waals surface area contributed by atoms with E-state index in [4.69, 9.17) is 0 Å². The summed E-state index contributed by atoms with van der Waals surface area (Å²) in [6, 6.07) is 9.33. The van der Waals surface area contributed by atoms with Gasteiger partial charge >= 0.3 is 0 Å². The maximum absolute atomic E-state index is 12.2. The van der Waals surface area contributed by atoms with Gasteiger partial charge in [0.05, 0.1) is 12.4 Å². The number of nitrogens with zero attached hydrogens (tertiary/aromatic N) is 4. The molecule has 2 heterocycles. The zero-order valence-electron chi connectivity index (χ0n) is 15.1. The molecular weight excluding hydrogens is 328 g/mol. The third-order valence-electron chi connectivity index (χ3n) is 4.13. The lowest BCUT2D eigenvalue weighted by Gasteiger charge is -2.07. The van der Waals surface area contributed by atoms with Crippen LogP contribution in [0.3, 0.4) is 0 Å². The van der Waals surface area contributed by atoms with Crippen LogP contribution in [0.5, 0.6) is 0 Å². The summed E-state index contributed by atoms with van der Waals surface area (Å²) in [6.07, 6.45) is 7.49. The summed E-state index contributed by atoms with van der Waals surface area (Å²) >= 11 is 0. The van der Waals surface area contributed by atoms with E-state index in [0.717, 1.165) is 23.2 Å². The van der Waals surface area contributed by atoms with E-state index < -0.39 is 0 Å². The molecule has 0 spiro atoms. The molecule has 0 saturated carbocycles. The topological polar surface area (TPSA) is 69.8 Å². The van der Waals surface area contributed by atoms with E-state index in [2.05, 4.69) is 10.2 Å². The van der Waals surface area contributed by atoms with Crippen LogP contribution in [-0.4, -0.2) is 25.3 Å². The van der Waals surface area contributed by atoms with Crippen molar-refractivity contribution >= 4 is 5.78 Å². The maximum Gasteiger partial charge on any atom is 0.203 e. The van der Waals surface area contributed by atoms with Gasteiger partial charge < -0.3 is 0 Å². The molecule has 0 saturated heterocycles. The fourth-order valence-electron chi connectivity index (χ4n) is 2.88. The Balaban J connectivity index is 1.82. The second kappa shape index (κ2) is 7.91. The van der Waals surface area contributed by atoms with Crippen molar-refractivity contribution in [3.8, 4) is 5.69 Å². The van der Waals surface area contributed by atoms with Crippen molar-refractivity contribution < 1.29 is 4.79 Å². The van der Waals surface area contributed by atoms with Gasteiger partial charge in [0.15, 0.2) is 0 Å². The van der Waals surface area contributed by atoms with Crippen LogP contribution in [0.25, 0.3) is 5.69 Å². The second-order valence-electron chi connectivity index (χ2n) is 6.41. The van der Waals surface area contributed by atoms with Crippen LogP contribution < -0.4 is 5.43 Å². The average Bonchev–Trinajstić information content (AvgIpc) is 3.04. The molecule has 26 heavy (non-hydrogen) atoms. The van der Waals surface area contributed by atoms with Gasteiger partial charge in [0.25, 0.3) is 0 Å². The van der Waals surface area contributed by atoms with Crippen LogP contribution in [0, 0.1) is 0 Å². The Bertz CT molecular complexity index is 972. The van der Waals surface area contributed by atoms with E-state index in [-0.39, 0.29) is 11.2 Å². The van der Waals surface area contributed by atoms with Gasteiger partial charge in [-0.2, -0.15) is 10.2 Å². The van der Waals surface area contributed by atoms with Crippen molar-refractivity contribution in [1.29, 1.82) is 0 Å². The minimum absolute atomic E-state index is 0.0994. The number of hydrogen-bond acceptors (Lipinski definition) is 4. The molecule has 0 aliphatic carbocycles. The molecule has 134 valence electrons. The monoisotopic (exact) mass is 350 g/mol. The molecule has 0 radical (unpaired) electrons. The van der Waals surface area contributed by atoms with Gasteiger partial charge in [0, 0.05) is 38.6 Å². The first-order valence-electron chi connectivity index (χ1n) is 8.72. The molecule has 0 atom stereocenters. The molecule has 0 aliphatic rings. The Kier molecular flexibility index (Phi) is 5.41. The van der Waals surface area contributed by atoms with Gasteiger partial charge in [0.1, 0.15) is 17.2 Å². The number of Topliss-reactive ketones (excluding diaryl/α,β-unsaturated/α-hetero) is 1. The molecule has 0 bridgehead atoms. The predicted molar refractivity (Wildman–Crippen MR) is 99.5 cm³/mol. The number of aromatic nitrogens is 4. The van der Waals surface area contributed by atoms with E-state index in [9.17, 15) is 9.59 Å². The Morgan fingerprint density at radius 2 is 2.00 bits per heavy atom. The number of carbonyl (C=O) groups is 1. The summed E-state index contributed by atoms with van der Waals surface area (Å²) in [5.74, 6) is 0.237. The maximum atomic E-state index is 12.2. The normalized spacial score (nSPS) is 10.8. The van der Waals surface area contributed by atoms with Crippen LogP contribution in [0.4, 0.5) is 0 Å². The van der Waals surface area contributed by atoms with E-state index in [1.54, 1.807) is 21.8 Å². The molecule has 3 rings (SSSR count). The van der Waals surface area contributed by atoms with Crippen LogP contribution in [0.15, 0.2) is 53.7 Å². The van der Waals surface area contributed by atoms with Gasteiger partial charge in [-0.15, -0.1) is 0 Å². The Labute approximate surface area is 152 Å². The highest BCUT2D eigenvalue weighted by atomic mass is 16.1. The predicted octanol–water partition coefficient (Wildman–Crippen LogP) is 2.47. The molecule has 0 unspecified atom stereocenters. The van der Waals surface area contributed by atoms with Gasteiger partial charge in [-0.05, 0) is 17.5 Å². The quantitative estimate of drug-likeness (QED) is 0.656. The zero-order chi connectivity index (χ0) is 18.5. The number of rotatable bonds is 7. The van der Waals surface area contributed by atoms with Crippen molar-refractivity contribution in [3.63, 3.8) is 0 Å². The van der Waals surface area contributed by atoms with Crippen LogP contribution in [-0.2, 0) is 24.7 Å². The molecule has 1 aromatic carbocycles. The highest BCUT2D eigenvalue weighted by molar-refractivity contribution is 5.80. The fourth-order valence-corrected chi connectivity index (χ4v) is 2.88. The van der Waals surface area contributed by atoms with Crippen LogP contribution >= 0.6 is 0 Å². The lowest BCUT2D eigenvalue weighted by Crippen LogP contribution is -2.16. The highest BCUT2D eigenvalue weighted by Gasteiger charge is 2.08. The summed E-state index contributed by atoms with van der Waals surface area (Å²) in [5, 5.41) is 8.58. The Morgan fingerprint density at radius 1 is 1.19 bits per heavy atom. The smallest absolute Gasteiger partial charge is 0.203 e. The number of carbonyl (C=O) groups excluding carboxylic acids is 1. The summed E-state index contributed by atoms with van der Waals surface area (Å²) in [5.41, 5.74) is 3.11. The summed E-state index contributed by atoms with van der Waals surface area (Å²) in [6.45, 7) is 2.00. The average molecular weight is 350 g/mol. The van der Waals surface area contributed by atoms with Gasteiger partial charge in [-0.25, -0.2) is 4.68 Å². The number of benzene rings is 1. The fraction of sp³-hybridized carbons (Fsp3) is 0.300.